The second-order valence-electron chi connectivity index (χ2n) is 3.39. The van der Waals surface area contributed by atoms with E-state index < -0.39 is 0 Å². The predicted molar refractivity (Wildman–Crippen MR) is 66.2 cm³/mol. The van der Waals surface area contributed by atoms with Gasteiger partial charge in [-0.25, -0.2) is 4.79 Å². The van der Waals surface area contributed by atoms with Crippen LogP contribution in [0.25, 0.3) is 5.03 Å². The van der Waals surface area contributed by atoms with Crippen molar-refractivity contribution in [3.63, 3.8) is 0 Å². The van der Waals surface area contributed by atoms with Gasteiger partial charge in [-0.3, -0.25) is 0 Å². The van der Waals surface area contributed by atoms with Crippen LogP contribution in [0.15, 0.2) is 23.9 Å². The van der Waals surface area contributed by atoms with Crippen molar-refractivity contribution in [1.29, 1.82) is 0 Å². The van der Waals surface area contributed by atoms with E-state index in [0.717, 1.165) is 5.56 Å². The number of methoxy groups -OCH3 is 2. The monoisotopic (exact) mass is 251 g/mol. The van der Waals surface area contributed by atoms with E-state index in [0.29, 0.717) is 22.2 Å². The van der Waals surface area contributed by atoms with Crippen LogP contribution in [-0.2, 0) is 4.79 Å². The second-order valence-corrected chi connectivity index (χ2v) is 3.79. The molecule has 0 aliphatic carbocycles. The third kappa shape index (κ3) is 2.00. The lowest BCUT2D eigenvalue weighted by Crippen LogP contribution is -2.06. The Morgan fingerprint density at radius 3 is 2.47 bits per heavy atom. The summed E-state index contributed by atoms with van der Waals surface area (Å²) in [5.74, 6) is 2.91. The number of carbonyl (C=O) groups excluding carboxylic acids is 1. The third-order valence-electron chi connectivity index (χ3n) is 2.43. The first-order valence-electron chi connectivity index (χ1n) is 4.85. The summed E-state index contributed by atoms with van der Waals surface area (Å²) in [7, 11) is 3.09. The van der Waals surface area contributed by atoms with Crippen LogP contribution in [0, 0.1) is 0 Å². The topological polar surface area (TPSA) is 47.6 Å². The predicted octanol–water partition coefficient (Wildman–Crippen LogP) is 2.42. The number of anilines is 1. The van der Waals surface area contributed by atoms with Gasteiger partial charge in [0.1, 0.15) is 5.70 Å². The van der Waals surface area contributed by atoms with Crippen molar-refractivity contribution in [2.75, 3.05) is 19.5 Å². The molecule has 1 aromatic rings. The highest BCUT2D eigenvalue weighted by Gasteiger charge is 2.18. The van der Waals surface area contributed by atoms with E-state index in [1.807, 2.05) is 0 Å². The van der Waals surface area contributed by atoms with E-state index in [2.05, 4.69) is 5.32 Å². The SMILES string of the molecule is COc1cc2c(cc1OC)C(Cl)=CC(=C=O)N2. The van der Waals surface area contributed by atoms with Crippen molar-refractivity contribution in [1.82, 2.24) is 0 Å². The normalized spacial score (nSPS) is 13.1. The van der Waals surface area contributed by atoms with E-state index in [-0.39, 0.29) is 5.70 Å². The fourth-order valence-electron chi connectivity index (χ4n) is 1.62. The highest BCUT2D eigenvalue weighted by atomic mass is 35.5. The van der Waals surface area contributed by atoms with Gasteiger partial charge in [0.15, 0.2) is 17.4 Å². The van der Waals surface area contributed by atoms with Crippen LogP contribution >= 0.6 is 11.6 Å². The molecule has 0 aromatic heterocycles. The van der Waals surface area contributed by atoms with Crippen LogP contribution in [0.4, 0.5) is 5.69 Å². The summed E-state index contributed by atoms with van der Waals surface area (Å²) in [6.45, 7) is 0. The zero-order valence-corrected chi connectivity index (χ0v) is 10.1. The van der Waals surface area contributed by atoms with E-state index in [1.165, 1.54) is 6.08 Å². The summed E-state index contributed by atoms with van der Waals surface area (Å²) < 4.78 is 10.4. The molecule has 0 saturated heterocycles. The number of halogens is 1. The van der Waals surface area contributed by atoms with Crippen molar-refractivity contribution >= 4 is 28.3 Å². The summed E-state index contributed by atoms with van der Waals surface area (Å²) >= 11 is 6.07. The summed E-state index contributed by atoms with van der Waals surface area (Å²) in [4.78, 5) is 10.6. The number of hydrogen-bond donors (Lipinski definition) is 1. The van der Waals surface area contributed by atoms with Crippen molar-refractivity contribution in [2.45, 2.75) is 0 Å². The first-order chi connectivity index (χ1) is 8.19. The molecule has 5 heteroatoms. The lowest BCUT2D eigenvalue weighted by molar-refractivity contribution is 0.355. The van der Waals surface area contributed by atoms with Gasteiger partial charge in [-0.15, -0.1) is 0 Å². The molecule has 0 atom stereocenters. The summed E-state index contributed by atoms with van der Waals surface area (Å²) in [6.07, 6.45) is 1.52. The Labute approximate surface area is 103 Å². The van der Waals surface area contributed by atoms with E-state index >= 15 is 0 Å². The van der Waals surface area contributed by atoms with Gasteiger partial charge in [-0.2, -0.15) is 0 Å². The summed E-state index contributed by atoms with van der Waals surface area (Å²) in [5.41, 5.74) is 1.73. The fourth-order valence-corrected chi connectivity index (χ4v) is 1.89. The number of ether oxygens (including phenoxy) is 2. The lowest BCUT2D eigenvalue weighted by atomic mass is 10.1. The maximum atomic E-state index is 10.6. The second kappa shape index (κ2) is 4.53. The number of rotatable bonds is 2. The van der Waals surface area contributed by atoms with Gasteiger partial charge in [0, 0.05) is 11.6 Å². The average molecular weight is 252 g/mol. The van der Waals surface area contributed by atoms with Crippen molar-refractivity contribution in [2.24, 2.45) is 0 Å². The third-order valence-corrected chi connectivity index (χ3v) is 2.74. The first kappa shape index (κ1) is 11.6. The number of benzene rings is 1. The molecule has 0 bridgehead atoms. The molecular weight excluding hydrogens is 242 g/mol. The zero-order chi connectivity index (χ0) is 12.4. The van der Waals surface area contributed by atoms with Crippen LogP contribution in [-0.4, -0.2) is 20.2 Å². The van der Waals surface area contributed by atoms with Gasteiger partial charge < -0.3 is 14.8 Å². The molecule has 88 valence electrons. The fraction of sp³-hybridized carbons (Fsp3) is 0.167. The highest BCUT2D eigenvalue weighted by molar-refractivity contribution is 6.50. The number of hydrogen-bond acceptors (Lipinski definition) is 4. The first-order valence-corrected chi connectivity index (χ1v) is 5.23. The molecule has 1 heterocycles. The maximum Gasteiger partial charge on any atom is 0.162 e. The van der Waals surface area contributed by atoms with E-state index in [4.69, 9.17) is 21.1 Å². The van der Waals surface area contributed by atoms with E-state index in [9.17, 15) is 4.79 Å². The van der Waals surface area contributed by atoms with Crippen molar-refractivity contribution in [3.05, 3.63) is 29.5 Å². The molecule has 17 heavy (non-hydrogen) atoms. The number of nitrogens with one attached hydrogen (secondary N) is 1. The smallest absolute Gasteiger partial charge is 0.162 e. The minimum absolute atomic E-state index is 0.287. The van der Waals surface area contributed by atoms with Crippen LogP contribution in [0.1, 0.15) is 5.56 Å². The molecular formula is C12H10ClNO3. The Balaban J connectivity index is 2.61. The Kier molecular flexibility index (Phi) is 3.09. The number of allylic oxidation sites excluding steroid dienone is 1. The van der Waals surface area contributed by atoms with Gasteiger partial charge in [0.2, 0.25) is 0 Å². The molecule has 0 saturated carbocycles. The molecule has 1 aromatic carbocycles. The minimum Gasteiger partial charge on any atom is -0.493 e. The Bertz CT molecular complexity index is 545. The van der Waals surface area contributed by atoms with Gasteiger partial charge in [-0.05, 0) is 12.1 Å². The highest BCUT2D eigenvalue weighted by Crippen LogP contribution is 2.40. The van der Waals surface area contributed by atoms with Crippen LogP contribution in [0.5, 0.6) is 11.5 Å². The molecule has 2 rings (SSSR count). The molecule has 1 aliphatic rings. The van der Waals surface area contributed by atoms with Crippen molar-refractivity contribution < 1.29 is 14.3 Å². The molecule has 0 fully saturated rings. The van der Waals surface area contributed by atoms with E-state index in [1.54, 1.807) is 32.3 Å². The molecule has 1 aliphatic heterocycles. The molecule has 1 N–H and O–H groups in total. The standard InChI is InChI=1S/C12H10ClNO3/c1-16-11-4-8-9(13)3-7(6-15)14-10(8)5-12(11)17-2/h3-5,14H,1-2H3. The molecule has 0 radical (unpaired) electrons. The quantitative estimate of drug-likeness (QED) is 0.820. The van der Waals surface area contributed by atoms with Gasteiger partial charge >= 0.3 is 0 Å². The van der Waals surface area contributed by atoms with Crippen molar-refractivity contribution in [3.8, 4) is 11.5 Å². The maximum absolute atomic E-state index is 10.6. The number of fused-ring (bicyclic) bond motifs is 1. The molecule has 4 nitrogen and oxygen atoms in total. The summed E-state index contributed by atoms with van der Waals surface area (Å²) in [6, 6.07) is 3.47. The largest absolute Gasteiger partial charge is 0.493 e. The Hall–Kier alpha value is -1.90. The van der Waals surface area contributed by atoms with Gasteiger partial charge in [0.25, 0.3) is 0 Å². The average Bonchev–Trinajstić information content (AvgIpc) is 2.36. The Morgan fingerprint density at radius 1 is 1.24 bits per heavy atom. The zero-order valence-electron chi connectivity index (χ0n) is 9.33. The van der Waals surface area contributed by atoms with Gasteiger partial charge in [-0.1, -0.05) is 11.6 Å². The molecule has 0 amide bonds. The molecule has 0 spiro atoms. The van der Waals surface area contributed by atoms with Crippen LogP contribution in [0.2, 0.25) is 0 Å². The Morgan fingerprint density at radius 2 is 1.88 bits per heavy atom. The van der Waals surface area contributed by atoms with Crippen LogP contribution in [0.3, 0.4) is 0 Å². The summed E-state index contributed by atoms with van der Waals surface area (Å²) in [5, 5.41) is 3.36. The minimum atomic E-state index is 0.287. The molecule has 0 unspecified atom stereocenters. The van der Waals surface area contributed by atoms with Gasteiger partial charge in [0.05, 0.1) is 24.9 Å². The van der Waals surface area contributed by atoms with Crippen LogP contribution < -0.4 is 14.8 Å². The lowest BCUT2D eigenvalue weighted by Gasteiger charge is -2.18.